The summed E-state index contributed by atoms with van der Waals surface area (Å²) in [5, 5.41) is 0. The monoisotopic (exact) mass is 423 g/mol. The SMILES string of the molecule is CC1C(=O)N(CC2CCC2)CC2N(C(=O)c3ccc(C(F)(F)F)cc3)CCC(=O)N12. The number of piperazine rings is 1. The molecule has 1 aromatic rings. The van der Waals surface area contributed by atoms with Crippen LogP contribution in [-0.4, -0.2) is 64.3 Å². The molecule has 6 nitrogen and oxygen atoms in total. The molecule has 3 amide bonds. The van der Waals surface area contributed by atoms with E-state index in [0.29, 0.717) is 12.5 Å². The largest absolute Gasteiger partial charge is 0.416 e. The van der Waals surface area contributed by atoms with Gasteiger partial charge in [0.2, 0.25) is 11.8 Å². The van der Waals surface area contributed by atoms with E-state index in [9.17, 15) is 27.6 Å². The quantitative estimate of drug-likeness (QED) is 0.751. The molecule has 0 bridgehead atoms. The molecule has 0 N–H and O–H groups in total. The number of amides is 3. The van der Waals surface area contributed by atoms with Crippen LogP contribution in [0.4, 0.5) is 13.2 Å². The fraction of sp³-hybridized carbons (Fsp3) is 0.571. The molecule has 0 aromatic heterocycles. The van der Waals surface area contributed by atoms with Crippen LogP contribution in [0.2, 0.25) is 0 Å². The smallest absolute Gasteiger partial charge is 0.337 e. The first-order chi connectivity index (χ1) is 14.2. The average Bonchev–Trinajstić information content (AvgIpc) is 2.67. The predicted molar refractivity (Wildman–Crippen MR) is 101 cm³/mol. The fourth-order valence-electron chi connectivity index (χ4n) is 4.50. The Hall–Kier alpha value is -2.58. The maximum atomic E-state index is 13.1. The summed E-state index contributed by atoms with van der Waals surface area (Å²) in [6.45, 7) is 2.70. The highest BCUT2D eigenvalue weighted by atomic mass is 19.4. The van der Waals surface area contributed by atoms with E-state index in [2.05, 4.69) is 0 Å². The zero-order valence-corrected chi connectivity index (χ0v) is 16.7. The summed E-state index contributed by atoms with van der Waals surface area (Å²) in [6, 6.07) is 3.43. The highest BCUT2D eigenvalue weighted by Gasteiger charge is 2.47. The van der Waals surface area contributed by atoms with Crippen LogP contribution in [0.1, 0.15) is 48.5 Å². The van der Waals surface area contributed by atoms with Crippen LogP contribution >= 0.6 is 0 Å². The fourth-order valence-corrected chi connectivity index (χ4v) is 4.50. The van der Waals surface area contributed by atoms with Crippen LogP contribution in [-0.2, 0) is 15.8 Å². The minimum absolute atomic E-state index is 0.0864. The van der Waals surface area contributed by atoms with E-state index in [-0.39, 0.29) is 36.9 Å². The Balaban J connectivity index is 1.57. The van der Waals surface area contributed by atoms with Gasteiger partial charge in [0.1, 0.15) is 12.2 Å². The standard InChI is InChI=1S/C21H24F3N3O3/c1-13-19(29)25(11-14-3-2-4-14)12-17-26(10-9-18(28)27(13)17)20(30)15-5-7-16(8-6-15)21(22,23)24/h5-8,13-14,17H,2-4,9-12H2,1H3. The third-order valence-corrected chi connectivity index (χ3v) is 6.43. The Morgan fingerprint density at radius 1 is 1.13 bits per heavy atom. The number of halogens is 3. The van der Waals surface area contributed by atoms with Crippen molar-refractivity contribution in [1.29, 1.82) is 0 Å². The third-order valence-electron chi connectivity index (χ3n) is 6.43. The minimum Gasteiger partial charge on any atom is -0.337 e. The van der Waals surface area contributed by atoms with Crippen LogP contribution in [0.5, 0.6) is 0 Å². The van der Waals surface area contributed by atoms with E-state index in [0.717, 1.165) is 43.5 Å². The van der Waals surface area contributed by atoms with E-state index >= 15 is 0 Å². The van der Waals surface area contributed by atoms with Crippen LogP contribution in [0.15, 0.2) is 24.3 Å². The average molecular weight is 423 g/mol. The topological polar surface area (TPSA) is 60.9 Å². The molecule has 4 rings (SSSR count). The summed E-state index contributed by atoms with van der Waals surface area (Å²) in [6.07, 6.45) is -1.71. The van der Waals surface area contributed by atoms with Crippen LogP contribution < -0.4 is 0 Å². The van der Waals surface area contributed by atoms with Gasteiger partial charge in [-0.05, 0) is 49.9 Å². The van der Waals surface area contributed by atoms with E-state index in [1.165, 1.54) is 9.80 Å². The molecule has 3 aliphatic rings. The number of nitrogens with zero attached hydrogens (tertiary/aromatic N) is 3. The van der Waals surface area contributed by atoms with Gasteiger partial charge < -0.3 is 14.7 Å². The number of carbonyl (C=O) groups is 3. The lowest BCUT2D eigenvalue weighted by Crippen LogP contribution is -2.71. The van der Waals surface area contributed by atoms with Gasteiger partial charge in [-0.15, -0.1) is 0 Å². The van der Waals surface area contributed by atoms with Gasteiger partial charge in [-0.25, -0.2) is 0 Å². The highest BCUT2D eigenvalue weighted by Crippen LogP contribution is 2.32. The molecule has 1 saturated carbocycles. The van der Waals surface area contributed by atoms with Gasteiger partial charge in [-0.1, -0.05) is 6.42 Å². The van der Waals surface area contributed by atoms with Crippen molar-refractivity contribution in [2.75, 3.05) is 19.6 Å². The second kappa shape index (κ2) is 7.59. The van der Waals surface area contributed by atoms with Gasteiger partial charge in [-0.3, -0.25) is 14.4 Å². The van der Waals surface area contributed by atoms with Crippen molar-refractivity contribution >= 4 is 17.7 Å². The molecule has 2 unspecified atom stereocenters. The molecule has 0 radical (unpaired) electrons. The number of hydrogen-bond donors (Lipinski definition) is 0. The molecule has 2 atom stereocenters. The van der Waals surface area contributed by atoms with Gasteiger partial charge in [0.15, 0.2) is 0 Å². The summed E-state index contributed by atoms with van der Waals surface area (Å²) in [4.78, 5) is 43.2. The van der Waals surface area contributed by atoms with Gasteiger partial charge in [0.25, 0.3) is 5.91 Å². The molecule has 9 heteroatoms. The summed E-state index contributed by atoms with van der Waals surface area (Å²) in [7, 11) is 0. The Morgan fingerprint density at radius 2 is 1.80 bits per heavy atom. The molecule has 3 fully saturated rings. The van der Waals surface area contributed by atoms with E-state index in [1.54, 1.807) is 11.8 Å². The maximum absolute atomic E-state index is 13.1. The number of rotatable bonds is 3. The number of fused-ring (bicyclic) bond motifs is 1. The van der Waals surface area contributed by atoms with Gasteiger partial charge in [0, 0.05) is 25.1 Å². The van der Waals surface area contributed by atoms with Crippen LogP contribution in [0.3, 0.4) is 0 Å². The molecule has 1 aliphatic carbocycles. The lowest BCUT2D eigenvalue weighted by Gasteiger charge is -2.52. The molecule has 2 saturated heterocycles. The Bertz CT molecular complexity index is 851. The summed E-state index contributed by atoms with van der Waals surface area (Å²) >= 11 is 0. The van der Waals surface area contributed by atoms with Crippen LogP contribution in [0, 0.1) is 5.92 Å². The van der Waals surface area contributed by atoms with Gasteiger partial charge in [-0.2, -0.15) is 13.2 Å². The number of carbonyl (C=O) groups excluding carboxylic acids is 3. The van der Waals surface area contributed by atoms with E-state index < -0.39 is 29.9 Å². The third kappa shape index (κ3) is 3.65. The zero-order valence-electron chi connectivity index (χ0n) is 16.7. The van der Waals surface area contributed by atoms with Gasteiger partial charge >= 0.3 is 6.18 Å². The first-order valence-electron chi connectivity index (χ1n) is 10.2. The van der Waals surface area contributed by atoms with Crippen molar-refractivity contribution in [2.24, 2.45) is 5.92 Å². The van der Waals surface area contributed by atoms with Crippen LogP contribution in [0.25, 0.3) is 0 Å². The zero-order chi connectivity index (χ0) is 21.6. The molecular weight excluding hydrogens is 399 g/mol. The minimum atomic E-state index is -4.48. The van der Waals surface area contributed by atoms with E-state index in [4.69, 9.17) is 0 Å². The molecule has 2 aliphatic heterocycles. The normalized spacial score (nSPS) is 25.3. The number of hydrogen-bond acceptors (Lipinski definition) is 3. The predicted octanol–water partition coefficient (Wildman–Crippen LogP) is 2.74. The lowest BCUT2D eigenvalue weighted by atomic mass is 9.84. The van der Waals surface area contributed by atoms with Crippen molar-refractivity contribution in [1.82, 2.24) is 14.7 Å². The number of benzene rings is 1. The summed E-state index contributed by atoms with van der Waals surface area (Å²) < 4.78 is 38.5. The summed E-state index contributed by atoms with van der Waals surface area (Å²) in [5.41, 5.74) is -0.689. The van der Waals surface area contributed by atoms with Crippen molar-refractivity contribution in [3.8, 4) is 0 Å². The van der Waals surface area contributed by atoms with Crippen molar-refractivity contribution in [3.63, 3.8) is 0 Å². The highest BCUT2D eigenvalue weighted by molar-refractivity contribution is 5.97. The summed E-state index contributed by atoms with van der Waals surface area (Å²) in [5.74, 6) is -0.279. The first kappa shape index (κ1) is 20.7. The van der Waals surface area contributed by atoms with Crippen molar-refractivity contribution in [3.05, 3.63) is 35.4 Å². The molecule has 30 heavy (non-hydrogen) atoms. The maximum Gasteiger partial charge on any atom is 0.416 e. The Kier molecular flexibility index (Phi) is 5.23. The molecule has 1 aromatic carbocycles. The Labute approximate surface area is 172 Å². The van der Waals surface area contributed by atoms with Crippen molar-refractivity contribution in [2.45, 2.75) is 51.0 Å². The molecular formula is C21H24F3N3O3. The second-order valence-corrected chi connectivity index (χ2v) is 8.32. The van der Waals surface area contributed by atoms with Gasteiger partial charge in [0.05, 0.1) is 12.1 Å². The lowest BCUT2D eigenvalue weighted by molar-refractivity contribution is -0.166. The molecule has 162 valence electrons. The number of alkyl halides is 3. The Morgan fingerprint density at radius 3 is 2.37 bits per heavy atom. The second-order valence-electron chi connectivity index (χ2n) is 8.32. The van der Waals surface area contributed by atoms with E-state index in [1.807, 2.05) is 0 Å². The molecule has 2 heterocycles. The molecule has 0 spiro atoms. The first-order valence-corrected chi connectivity index (χ1v) is 10.2. The van der Waals surface area contributed by atoms with Crippen molar-refractivity contribution < 1.29 is 27.6 Å².